The Balaban J connectivity index is 1.56. The molecule has 0 bridgehead atoms. The highest BCUT2D eigenvalue weighted by Gasteiger charge is 2.24. The van der Waals surface area contributed by atoms with Gasteiger partial charge in [-0.1, -0.05) is 18.0 Å². The van der Waals surface area contributed by atoms with E-state index in [1.165, 1.54) is 5.57 Å². The van der Waals surface area contributed by atoms with Crippen molar-refractivity contribution in [2.24, 2.45) is 5.92 Å². The topological polar surface area (TPSA) is 41.5 Å². The predicted molar refractivity (Wildman–Crippen MR) is 81.1 cm³/mol. The van der Waals surface area contributed by atoms with Crippen molar-refractivity contribution in [2.45, 2.75) is 25.4 Å². The van der Waals surface area contributed by atoms with E-state index in [0.29, 0.717) is 12.5 Å². The Morgan fingerprint density at radius 1 is 1.35 bits per heavy atom. The smallest absolute Gasteiger partial charge is 0.127 e. The van der Waals surface area contributed by atoms with Gasteiger partial charge in [0.25, 0.3) is 0 Å². The van der Waals surface area contributed by atoms with Gasteiger partial charge in [-0.05, 0) is 48.6 Å². The van der Waals surface area contributed by atoms with Crippen LogP contribution in [0.3, 0.4) is 0 Å². The monoisotopic (exact) mass is 293 g/mol. The van der Waals surface area contributed by atoms with E-state index in [-0.39, 0.29) is 6.10 Å². The highest BCUT2D eigenvalue weighted by molar-refractivity contribution is 6.30. The van der Waals surface area contributed by atoms with Gasteiger partial charge in [0.15, 0.2) is 0 Å². The normalized spacial score (nSPS) is 25.0. The number of hydrogen-bond acceptors (Lipinski definition) is 3. The molecule has 3 nitrogen and oxygen atoms in total. The van der Waals surface area contributed by atoms with Crippen LogP contribution in [0.1, 0.15) is 24.8 Å². The summed E-state index contributed by atoms with van der Waals surface area (Å²) in [6, 6.07) is 5.68. The second-order valence-corrected chi connectivity index (χ2v) is 6.10. The molecule has 0 radical (unpaired) electrons. The lowest BCUT2D eigenvalue weighted by molar-refractivity contribution is 0.132. The van der Waals surface area contributed by atoms with E-state index in [9.17, 15) is 5.11 Å². The first-order chi connectivity index (χ1) is 9.72. The molecule has 3 rings (SSSR count). The third-order valence-corrected chi connectivity index (χ3v) is 4.36. The van der Waals surface area contributed by atoms with Gasteiger partial charge in [-0.3, -0.25) is 0 Å². The largest absolute Gasteiger partial charge is 0.489 e. The maximum absolute atomic E-state index is 9.79. The van der Waals surface area contributed by atoms with Crippen LogP contribution in [0.15, 0.2) is 23.8 Å². The summed E-state index contributed by atoms with van der Waals surface area (Å²) in [7, 11) is 0. The minimum absolute atomic E-state index is 0.126. The average molecular weight is 294 g/mol. The van der Waals surface area contributed by atoms with E-state index in [2.05, 4.69) is 11.4 Å². The summed E-state index contributed by atoms with van der Waals surface area (Å²) < 4.78 is 5.72. The summed E-state index contributed by atoms with van der Waals surface area (Å²) in [5.74, 6) is 1.30. The second kappa shape index (κ2) is 6.17. The van der Waals surface area contributed by atoms with E-state index >= 15 is 0 Å². The van der Waals surface area contributed by atoms with Gasteiger partial charge in [-0.2, -0.15) is 0 Å². The van der Waals surface area contributed by atoms with Gasteiger partial charge < -0.3 is 15.2 Å². The standard InChI is InChI=1S/C16H20ClNO2/c17-14-4-5-16-13(7-14)6-11(10-20-16)8-18-9-12-2-1-3-15(12)19/h4-7,12,15,18-19H,1-3,8-10H2. The zero-order valence-electron chi connectivity index (χ0n) is 11.4. The zero-order valence-corrected chi connectivity index (χ0v) is 12.2. The number of benzene rings is 1. The van der Waals surface area contributed by atoms with E-state index in [1.807, 2.05) is 18.2 Å². The molecule has 20 heavy (non-hydrogen) atoms. The number of halogens is 1. The van der Waals surface area contributed by atoms with Crippen molar-refractivity contribution >= 4 is 17.7 Å². The molecular formula is C16H20ClNO2. The van der Waals surface area contributed by atoms with Crippen molar-refractivity contribution in [3.05, 3.63) is 34.4 Å². The molecule has 1 fully saturated rings. The van der Waals surface area contributed by atoms with E-state index in [0.717, 1.165) is 48.7 Å². The molecule has 1 aromatic rings. The van der Waals surface area contributed by atoms with Crippen LogP contribution in [0.5, 0.6) is 5.75 Å². The molecule has 1 heterocycles. The average Bonchev–Trinajstić information content (AvgIpc) is 2.84. The lowest BCUT2D eigenvalue weighted by Gasteiger charge is -2.20. The Morgan fingerprint density at radius 2 is 2.25 bits per heavy atom. The third-order valence-electron chi connectivity index (χ3n) is 4.12. The SMILES string of the molecule is OC1CCCC1CNCC1=Cc2cc(Cl)ccc2OC1. The lowest BCUT2D eigenvalue weighted by Crippen LogP contribution is -2.30. The Morgan fingerprint density at radius 3 is 3.05 bits per heavy atom. The van der Waals surface area contributed by atoms with Crippen molar-refractivity contribution in [3.63, 3.8) is 0 Å². The van der Waals surface area contributed by atoms with E-state index < -0.39 is 0 Å². The molecule has 108 valence electrons. The summed E-state index contributed by atoms with van der Waals surface area (Å²) in [5, 5.41) is 14.0. The number of aliphatic hydroxyl groups excluding tert-OH is 1. The van der Waals surface area contributed by atoms with Gasteiger partial charge in [-0.25, -0.2) is 0 Å². The van der Waals surface area contributed by atoms with Crippen LogP contribution in [0.4, 0.5) is 0 Å². The minimum Gasteiger partial charge on any atom is -0.489 e. The predicted octanol–water partition coefficient (Wildman–Crippen LogP) is 2.87. The van der Waals surface area contributed by atoms with Crippen molar-refractivity contribution < 1.29 is 9.84 Å². The summed E-state index contributed by atoms with van der Waals surface area (Å²) in [5.41, 5.74) is 2.26. The van der Waals surface area contributed by atoms with Crippen molar-refractivity contribution in [3.8, 4) is 5.75 Å². The number of hydrogen-bond donors (Lipinski definition) is 2. The van der Waals surface area contributed by atoms with Gasteiger partial charge in [0.2, 0.25) is 0 Å². The number of ether oxygens (including phenoxy) is 1. The van der Waals surface area contributed by atoms with E-state index in [4.69, 9.17) is 16.3 Å². The van der Waals surface area contributed by atoms with Crippen molar-refractivity contribution in [1.29, 1.82) is 0 Å². The Kier molecular flexibility index (Phi) is 4.29. The Hall–Kier alpha value is -1.03. The molecule has 0 aromatic heterocycles. The van der Waals surface area contributed by atoms with Gasteiger partial charge in [0.05, 0.1) is 6.10 Å². The molecular weight excluding hydrogens is 274 g/mol. The molecule has 1 aliphatic heterocycles. The molecule has 4 heteroatoms. The Labute approximate surface area is 124 Å². The maximum atomic E-state index is 9.79. The quantitative estimate of drug-likeness (QED) is 0.897. The molecule has 2 N–H and O–H groups in total. The van der Waals surface area contributed by atoms with Crippen LogP contribution in [0, 0.1) is 5.92 Å². The fourth-order valence-electron chi connectivity index (χ4n) is 2.97. The molecule has 2 aliphatic rings. The molecule has 2 unspecified atom stereocenters. The molecule has 1 aromatic carbocycles. The molecule has 0 saturated heterocycles. The van der Waals surface area contributed by atoms with Gasteiger partial charge >= 0.3 is 0 Å². The summed E-state index contributed by atoms with van der Waals surface area (Å²) in [6.45, 7) is 2.30. The number of nitrogens with one attached hydrogen (secondary N) is 1. The minimum atomic E-state index is -0.126. The summed E-state index contributed by atoms with van der Waals surface area (Å²) in [4.78, 5) is 0. The Bertz CT molecular complexity index is 515. The molecule has 0 spiro atoms. The first-order valence-corrected chi connectivity index (χ1v) is 7.61. The van der Waals surface area contributed by atoms with Crippen molar-refractivity contribution in [1.82, 2.24) is 5.32 Å². The van der Waals surface area contributed by atoms with Crippen LogP contribution >= 0.6 is 11.6 Å². The zero-order chi connectivity index (χ0) is 13.9. The van der Waals surface area contributed by atoms with E-state index in [1.54, 1.807) is 0 Å². The second-order valence-electron chi connectivity index (χ2n) is 5.66. The number of aliphatic hydroxyl groups is 1. The highest BCUT2D eigenvalue weighted by atomic mass is 35.5. The first kappa shape index (κ1) is 13.9. The fraction of sp³-hybridized carbons (Fsp3) is 0.500. The number of rotatable bonds is 4. The van der Waals surface area contributed by atoms with Crippen molar-refractivity contribution in [2.75, 3.05) is 19.7 Å². The van der Waals surface area contributed by atoms with Crippen LogP contribution in [-0.4, -0.2) is 30.9 Å². The molecule has 1 aliphatic carbocycles. The lowest BCUT2D eigenvalue weighted by atomic mass is 10.1. The van der Waals surface area contributed by atoms with Gasteiger partial charge in [0.1, 0.15) is 12.4 Å². The molecule has 2 atom stereocenters. The van der Waals surface area contributed by atoms with Gasteiger partial charge in [0, 0.05) is 23.7 Å². The fourth-order valence-corrected chi connectivity index (χ4v) is 3.15. The maximum Gasteiger partial charge on any atom is 0.127 e. The number of fused-ring (bicyclic) bond motifs is 1. The van der Waals surface area contributed by atoms with Crippen LogP contribution in [-0.2, 0) is 0 Å². The highest BCUT2D eigenvalue weighted by Crippen LogP contribution is 2.29. The molecule has 1 saturated carbocycles. The summed E-state index contributed by atoms with van der Waals surface area (Å²) in [6.07, 6.45) is 5.23. The van der Waals surface area contributed by atoms with Crippen LogP contribution in [0.25, 0.3) is 6.08 Å². The third kappa shape index (κ3) is 3.17. The van der Waals surface area contributed by atoms with Crippen LogP contribution < -0.4 is 10.1 Å². The van der Waals surface area contributed by atoms with Crippen LogP contribution in [0.2, 0.25) is 5.02 Å². The van der Waals surface area contributed by atoms with Gasteiger partial charge in [-0.15, -0.1) is 0 Å². The first-order valence-electron chi connectivity index (χ1n) is 7.23. The molecule has 0 amide bonds. The summed E-state index contributed by atoms with van der Waals surface area (Å²) >= 11 is 6.00.